The van der Waals surface area contributed by atoms with E-state index in [9.17, 15) is 9.59 Å². The Morgan fingerprint density at radius 3 is 2.79 bits per heavy atom. The molecular formula is C25H24Cl2N4O3. The Hall–Kier alpha value is -2.87. The molecule has 1 amide bonds. The molecule has 2 aromatic carbocycles. The predicted octanol–water partition coefficient (Wildman–Crippen LogP) is 4.61. The minimum Gasteiger partial charge on any atom is -0.381 e. The molecule has 4 heterocycles. The number of H-pyrrole nitrogens is 1. The third-order valence-corrected chi connectivity index (χ3v) is 7.02. The van der Waals surface area contributed by atoms with Gasteiger partial charge >= 0.3 is 0 Å². The average Bonchev–Trinajstić information content (AvgIpc) is 3.44. The Balaban J connectivity index is 0.00000241. The van der Waals surface area contributed by atoms with Gasteiger partial charge in [0, 0.05) is 36.2 Å². The molecule has 1 N–H and O–H groups in total. The number of imidazole rings is 1. The summed E-state index contributed by atoms with van der Waals surface area (Å²) in [6.45, 7) is 4.37. The second-order valence-corrected chi connectivity index (χ2v) is 9.40. The highest BCUT2D eigenvalue weighted by atomic mass is 35.5. The molecule has 0 bridgehead atoms. The van der Waals surface area contributed by atoms with E-state index in [0.29, 0.717) is 41.3 Å². The number of carbonyl (C=O) groups excluding carboxylic acids is 1. The zero-order valence-corrected chi connectivity index (χ0v) is 20.2. The first-order valence-corrected chi connectivity index (χ1v) is 11.6. The Kier molecular flexibility index (Phi) is 5.88. The monoisotopic (exact) mass is 498 g/mol. The van der Waals surface area contributed by atoms with Crippen LogP contribution in [0.25, 0.3) is 16.6 Å². The summed E-state index contributed by atoms with van der Waals surface area (Å²) in [4.78, 5) is 35.6. The highest BCUT2D eigenvalue weighted by Gasteiger charge is 2.27. The van der Waals surface area contributed by atoms with Gasteiger partial charge in [0.2, 0.25) is 0 Å². The summed E-state index contributed by atoms with van der Waals surface area (Å²) in [5, 5.41) is 0.672. The highest BCUT2D eigenvalue weighted by molar-refractivity contribution is 6.30. The van der Waals surface area contributed by atoms with E-state index < -0.39 is 0 Å². The third kappa shape index (κ3) is 3.68. The summed E-state index contributed by atoms with van der Waals surface area (Å²) in [5.74, 6) is 0.920. The van der Waals surface area contributed by atoms with Crippen molar-refractivity contribution in [2.75, 3.05) is 13.2 Å². The van der Waals surface area contributed by atoms with Gasteiger partial charge in [-0.1, -0.05) is 17.7 Å². The van der Waals surface area contributed by atoms with Gasteiger partial charge < -0.3 is 14.6 Å². The molecule has 0 saturated carbocycles. The molecule has 1 atom stereocenters. The summed E-state index contributed by atoms with van der Waals surface area (Å²) >= 11 is 6.13. The largest absolute Gasteiger partial charge is 0.381 e. The van der Waals surface area contributed by atoms with Gasteiger partial charge in [-0.2, -0.15) is 0 Å². The van der Waals surface area contributed by atoms with Crippen LogP contribution in [0.5, 0.6) is 0 Å². The molecular weight excluding hydrogens is 475 g/mol. The van der Waals surface area contributed by atoms with Gasteiger partial charge in [0.25, 0.3) is 11.5 Å². The summed E-state index contributed by atoms with van der Waals surface area (Å²) in [6.07, 6.45) is 3.58. The van der Waals surface area contributed by atoms with Gasteiger partial charge in [-0.25, -0.2) is 4.98 Å². The van der Waals surface area contributed by atoms with Crippen LogP contribution in [-0.4, -0.2) is 38.4 Å². The van der Waals surface area contributed by atoms with Crippen molar-refractivity contribution in [2.45, 2.75) is 38.8 Å². The van der Waals surface area contributed by atoms with E-state index in [4.69, 9.17) is 16.3 Å². The molecule has 4 aromatic rings. The second-order valence-electron chi connectivity index (χ2n) is 8.96. The van der Waals surface area contributed by atoms with Crippen LogP contribution in [0, 0.1) is 6.92 Å². The van der Waals surface area contributed by atoms with E-state index in [1.165, 1.54) is 0 Å². The molecule has 1 unspecified atom stereocenters. The molecule has 2 aromatic heterocycles. The summed E-state index contributed by atoms with van der Waals surface area (Å²) in [7, 11) is 0. The molecule has 9 heteroatoms. The fourth-order valence-corrected chi connectivity index (χ4v) is 5.28. The molecule has 1 saturated heterocycles. The molecule has 6 rings (SSSR count). The van der Waals surface area contributed by atoms with Gasteiger partial charge in [0.05, 0.1) is 23.8 Å². The number of benzene rings is 2. The van der Waals surface area contributed by atoms with E-state index >= 15 is 0 Å². The molecule has 176 valence electrons. The number of nitrogens with one attached hydrogen (secondary N) is 1. The molecule has 1 fully saturated rings. The van der Waals surface area contributed by atoms with Crippen LogP contribution in [0.2, 0.25) is 5.02 Å². The lowest BCUT2D eigenvalue weighted by molar-refractivity contribution is 0.0750. The van der Waals surface area contributed by atoms with Gasteiger partial charge in [-0.3, -0.25) is 14.0 Å². The lowest BCUT2D eigenvalue weighted by Gasteiger charge is -2.22. The number of carbonyl (C=O) groups is 1. The molecule has 2 aliphatic rings. The Labute approximate surface area is 207 Å². The van der Waals surface area contributed by atoms with Crippen molar-refractivity contribution in [3.63, 3.8) is 0 Å². The molecule has 0 radical (unpaired) electrons. The van der Waals surface area contributed by atoms with Crippen molar-refractivity contribution in [3.8, 4) is 0 Å². The smallest absolute Gasteiger partial charge is 0.274 e. The molecule has 0 aliphatic carbocycles. The Bertz CT molecular complexity index is 1490. The van der Waals surface area contributed by atoms with Crippen LogP contribution >= 0.6 is 24.0 Å². The average molecular weight is 499 g/mol. The number of halogens is 2. The summed E-state index contributed by atoms with van der Waals surface area (Å²) in [5.41, 5.74) is 5.37. The number of rotatable bonds is 2. The summed E-state index contributed by atoms with van der Waals surface area (Å²) < 4.78 is 7.60. The standard InChI is InChI=1S/C25H23ClN4O3.ClH/c1-14-7-21-20(9-19(14)25(32)29-11-15-4-5-18(26)8-17(15)12-29)28-24(31)22-10-27-23(30(21)22)16-3-2-6-33-13-16;/h4-5,7-10,16H,2-3,6,11-13H2,1H3,(H,28,31);1H. The highest BCUT2D eigenvalue weighted by Crippen LogP contribution is 2.30. The lowest BCUT2D eigenvalue weighted by Crippen LogP contribution is -2.26. The Morgan fingerprint density at radius 2 is 2.00 bits per heavy atom. The maximum absolute atomic E-state index is 13.4. The van der Waals surface area contributed by atoms with Crippen molar-refractivity contribution in [1.82, 2.24) is 19.3 Å². The van der Waals surface area contributed by atoms with Gasteiger partial charge in [-0.15, -0.1) is 12.4 Å². The van der Waals surface area contributed by atoms with E-state index in [2.05, 4.69) is 9.97 Å². The first kappa shape index (κ1) is 22.9. The fourth-order valence-electron chi connectivity index (χ4n) is 5.08. The van der Waals surface area contributed by atoms with Gasteiger partial charge in [-0.05, 0) is 60.7 Å². The van der Waals surface area contributed by atoms with E-state index in [1.807, 2.05) is 40.5 Å². The number of aromatic nitrogens is 3. The maximum atomic E-state index is 13.4. The number of aromatic amines is 1. The minimum atomic E-state index is -0.219. The zero-order chi connectivity index (χ0) is 22.7. The number of aryl methyl sites for hydroxylation is 1. The minimum absolute atomic E-state index is 0. The van der Waals surface area contributed by atoms with E-state index in [1.54, 1.807) is 12.3 Å². The first-order chi connectivity index (χ1) is 16.0. The number of ether oxygens (including phenoxy) is 1. The summed E-state index contributed by atoms with van der Waals surface area (Å²) in [6, 6.07) is 9.51. The van der Waals surface area contributed by atoms with Crippen molar-refractivity contribution in [3.05, 3.63) is 80.0 Å². The van der Waals surface area contributed by atoms with Crippen molar-refractivity contribution in [2.24, 2.45) is 0 Å². The molecule has 2 aliphatic heterocycles. The van der Waals surface area contributed by atoms with Crippen LogP contribution in [0.15, 0.2) is 41.3 Å². The molecule has 34 heavy (non-hydrogen) atoms. The Morgan fingerprint density at radius 1 is 1.18 bits per heavy atom. The molecule has 7 nitrogen and oxygen atoms in total. The lowest BCUT2D eigenvalue weighted by atomic mass is 10.0. The van der Waals surface area contributed by atoms with Crippen LogP contribution in [0.4, 0.5) is 0 Å². The van der Waals surface area contributed by atoms with Crippen LogP contribution in [0.1, 0.15) is 51.6 Å². The van der Waals surface area contributed by atoms with Crippen LogP contribution < -0.4 is 5.56 Å². The van der Waals surface area contributed by atoms with Crippen molar-refractivity contribution < 1.29 is 9.53 Å². The molecule has 0 spiro atoms. The van der Waals surface area contributed by atoms with Crippen LogP contribution in [0.3, 0.4) is 0 Å². The SMILES string of the molecule is Cc1cc2c(cc1C(=O)N1Cc3ccc(Cl)cc3C1)[nH]c(=O)c1cnc(C3CCCOC3)n12.Cl. The van der Waals surface area contributed by atoms with Crippen molar-refractivity contribution >= 4 is 46.5 Å². The fraction of sp³-hybridized carbons (Fsp3) is 0.320. The quantitative estimate of drug-likeness (QED) is 0.437. The van der Waals surface area contributed by atoms with Gasteiger partial charge in [0.1, 0.15) is 11.3 Å². The first-order valence-electron chi connectivity index (χ1n) is 11.2. The van der Waals surface area contributed by atoms with Crippen LogP contribution in [-0.2, 0) is 17.8 Å². The number of hydrogen-bond donors (Lipinski definition) is 1. The second kappa shape index (κ2) is 8.73. The number of nitrogens with zero attached hydrogens (tertiary/aromatic N) is 3. The third-order valence-electron chi connectivity index (χ3n) is 6.79. The van der Waals surface area contributed by atoms with Crippen molar-refractivity contribution in [1.29, 1.82) is 0 Å². The maximum Gasteiger partial charge on any atom is 0.274 e. The van der Waals surface area contributed by atoms with E-state index in [0.717, 1.165) is 47.5 Å². The number of hydrogen-bond acceptors (Lipinski definition) is 4. The topological polar surface area (TPSA) is 79.7 Å². The van der Waals surface area contributed by atoms with Gasteiger partial charge in [0.15, 0.2) is 0 Å². The zero-order valence-electron chi connectivity index (χ0n) is 18.6. The predicted molar refractivity (Wildman–Crippen MR) is 133 cm³/mol. The number of amides is 1. The van der Waals surface area contributed by atoms with E-state index in [-0.39, 0.29) is 29.8 Å². The number of fused-ring (bicyclic) bond motifs is 4. The normalized spacial score (nSPS) is 17.7.